The van der Waals surface area contributed by atoms with Gasteiger partial charge in [-0.3, -0.25) is 4.79 Å². The summed E-state index contributed by atoms with van der Waals surface area (Å²) in [6.07, 6.45) is 0. The lowest BCUT2D eigenvalue weighted by Crippen LogP contribution is -2.15. The van der Waals surface area contributed by atoms with Gasteiger partial charge in [0.05, 0.1) is 24.3 Å². The first-order chi connectivity index (χ1) is 11.3. The number of methoxy groups -OCH3 is 1. The summed E-state index contributed by atoms with van der Waals surface area (Å²) in [6, 6.07) is 5.06. The fraction of sp³-hybridized carbons (Fsp3) is 0.438. The summed E-state index contributed by atoms with van der Waals surface area (Å²) in [6.45, 7) is 6.04. The van der Waals surface area contributed by atoms with Crippen molar-refractivity contribution < 1.29 is 14.1 Å². The van der Waals surface area contributed by atoms with Gasteiger partial charge < -0.3 is 14.6 Å². The Labute approximate surface area is 150 Å². The summed E-state index contributed by atoms with van der Waals surface area (Å²) >= 11 is 7.33. The maximum Gasteiger partial charge on any atom is 0.236 e. The molecule has 0 radical (unpaired) electrons. The van der Waals surface area contributed by atoms with Gasteiger partial charge in [0.2, 0.25) is 11.8 Å². The van der Waals surface area contributed by atoms with E-state index in [1.165, 1.54) is 18.9 Å². The maximum absolute atomic E-state index is 12.0. The number of hydrogen-bond donors (Lipinski definition) is 1. The number of halogens is 1. The van der Waals surface area contributed by atoms with E-state index < -0.39 is 0 Å². The molecular weight excluding hydrogens is 350 g/mol. The molecule has 0 spiro atoms. The topological polar surface area (TPSA) is 77.2 Å². The maximum atomic E-state index is 12.0. The zero-order chi connectivity index (χ0) is 17.7. The molecule has 2 rings (SSSR count). The van der Waals surface area contributed by atoms with Crippen molar-refractivity contribution >= 4 is 35.0 Å². The number of hydrogen-bond acceptors (Lipinski definition) is 6. The van der Waals surface area contributed by atoms with Crippen LogP contribution in [0.15, 0.2) is 22.7 Å². The van der Waals surface area contributed by atoms with Crippen molar-refractivity contribution in [2.24, 2.45) is 0 Å². The third-order valence-corrected chi connectivity index (χ3v) is 4.19. The minimum atomic E-state index is -0.160. The number of benzene rings is 1. The lowest BCUT2D eigenvalue weighted by atomic mass is 9.96. The molecule has 8 heteroatoms. The number of amides is 1. The molecule has 6 nitrogen and oxygen atoms in total. The Hall–Kier alpha value is -1.73. The van der Waals surface area contributed by atoms with E-state index >= 15 is 0 Å². The van der Waals surface area contributed by atoms with Crippen LogP contribution in [0.2, 0.25) is 5.02 Å². The first-order valence-electron chi connectivity index (χ1n) is 7.34. The van der Waals surface area contributed by atoms with E-state index in [0.29, 0.717) is 33.9 Å². The van der Waals surface area contributed by atoms with Crippen molar-refractivity contribution in [1.82, 2.24) is 10.1 Å². The van der Waals surface area contributed by atoms with Crippen LogP contribution in [0.25, 0.3) is 0 Å². The second-order valence-corrected chi connectivity index (χ2v) is 7.57. The molecule has 24 heavy (non-hydrogen) atoms. The molecule has 0 fully saturated rings. The molecule has 0 saturated heterocycles. The van der Waals surface area contributed by atoms with Crippen LogP contribution in [0.4, 0.5) is 5.69 Å². The van der Waals surface area contributed by atoms with E-state index in [0.717, 1.165) is 0 Å². The molecule has 1 aromatic carbocycles. The number of thioether (sulfide) groups is 1. The molecule has 1 N–H and O–H groups in total. The summed E-state index contributed by atoms with van der Waals surface area (Å²) in [4.78, 5) is 16.4. The fourth-order valence-electron chi connectivity index (χ4n) is 1.81. The lowest BCUT2D eigenvalue weighted by molar-refractivity contribution is -0.113. The smallest absolute Gasteiger partial charge is 0.236 e. The molecular formula is C16H20ClN3O3S. The number of carbonyl (C=O) groups excluding carboxylic acids is 1. The molecule has 0 aliphatic rings. The van der Waals surface area contributed by atoms with Gasteiger partial charge >= 0.3 is 0 Å². The number of aromatic nitrogens is 2. The third-order valence-electron chi connectivity index (χ3n) is 3.03. The Morgan fingerprint density at radius 3 is 2.79 bits per heavy atom. The summed E-state index contributed by atoms with van der Waals surface area (Å²) in [7, 11) is 1.54. The SMILES string of the molecule is COc1ccc(Cl)cc1NC(=O)CSCc1nc(C(C)(C)C)no1. The third kappa shape index (κ3) is 5.14. The van der Waals surface area contributed by atoms with Crippen LogP contribution in [0, 0.1) is 0 Å². The molecule has 2 aromatic rings. The van der Waals surface area contributed by atoms with Gasteiger partial charge in [-0.1, -0.05) is 37.5 Å². The predicted octanol–water partition coefficient (Wildman–Crippen LogP) is 3.90. The van der Waals surface area contributed by atoms with Crippen molar-refractivity contribution in [2.75, 3.05) is 18.2 Å². The molecule has 0 aliphatic heterocycles. The summed E-state index contributed by atoms with van der Waals surface area (Å²) in [5, 5.41) is 7.26. The molecule has 0 atom stereocenters. The van der Waals surface area contributed by atoms with E-state index in [2.05, 4.69) is 15.5 Å². The van der Waals surface area contributed by atoms with Gasteiger partial charge in [0.1, 0.15) is 5.75 Å². The van der Waals surface area contributed by atoms with Crippen LogP contribution in [0.3, 0.4) is 0 Å². The highest BCUT2D eigenvalue weighted by Crippen LogP contribution is 2.28. The van der Waals surface area contributed by atoms with Crippen LogP contribution in [-0.2, 0) is 16.0 Å². The normalized spacial score (nSPS) is 11.4. The minimum absolute atomic E-state index is 0.156. The molecule has 0 bridgehead atoms. The van der Waals surface area contributed by atoms with Gasteiger partial charge in [0.25, 0.3) is 0 Å². The number of nitrogens with one attached hydrogen (secondary N) is 1. The number of carbonyl (C=O) groups is 1. The van der Waals surface area contributed by atoms with E-state index in [-0.39, 0.29) is 17.1 Å². The molecule has 0 aliphatic carbocycles. The standard InChI is InChI=1S/C16H20ClN3O3S/c1-16(2,3)15-19-14(23-20-15)9-24-8-13(21)18-11-7-10(17)5-6-12(11)22-4/h5-7H,8-9H2,1-4H3,(H,18,21). The van der Waals surface area contributed by atoms with Crippen LogP contribution < -0.4 is 10.1 Å². The molecule has 1 aromatic heterocycles. The molecule has 130 valence electrons. The van der Waals surface area contributed by atoms with Gasteiger partial charge in [0, 0.05) is 10.4 Å². The Balaban J connectivity index is 1.86. The summed E-state index contributed by atoms with van der Waals surface area (Å²) in [5.74, 6) is 2.30. The van der Waals surface area contributed by atoms with Gasteiger partial charge in [0.15, 0.2) is 5.82 Å². The predicted molar refractivity (Wildman–Crippen MR) is 95.8 cm³/mol. The Kier molecular flexibility index (Phi) is 6.12. The van der Waals surface area contributed by atoms with E-state index in [9.17, 15) is 4.79 Å². The van der Waals surface area contributed by atoms with Crippen molar-refractivity contribution in [3.63, 3.8) is 0 Å². The first-order valence-corrected chi connectivity index (χ1v) is 8.87. The van der Waals surface area contributed by atoms with Gasteiger partial charge in [-0.05, 0) is 18.2 Å². The van der Waals surface area contributed by atoms with Crippen molar-refractivity contribution in [2.45, 2.75) is 31.9 Å². The monoisotopic (exact) mass is 369 g/mol. The van der Waals surface area contributed by atoms with Gasteiger partial charge in [-0.25, -0.2) is 0 Å². The average Bonchev–Trinajstić information content (AvgIpc) is 2.96. The highest BCUT2D eigenvalue weighted by molar-refractivity contribution is 7.99. The van der Waals surface area contributed by atoms with E-state index in [1.807, 2.05) is 20.8 Å². The summed E-state index contributed by atoms with van der Waals surface area (Å²) in [5.41, 5.74) is 0.385. The van der Waals surface area contributed by atoms with Gasteiger partial charge in [-0.15, -0.1) is 11.8 Å². The summed E-state index contributed by atoms with van der Waals surface area (Å²) < 4.78 is 10.4. The molecule has 0 saturated carbocycles. The number of anilines is 1. The number of ether oxygens (including phenoxy) is 1. The zero-order valence-corrected chi connectivity index (χ0v) is 15.6. The number of nitrogens with zero attached hydrogens (tertiary/aromatic N) is 2. The Morgan fingerprint density at radius 1 is 1.42 bits per heavy atom. The fourth-order valence-corrected chi connectivity index (χ4v) is 2.64. The quantitative estimate of drug-likeness (QED) is 0.832. The Bertz CT molecular complexity index is 713. The number of rotatable bonds is 6. The van der Waals surface area contributed by atoms with Crippen molar-refractivity contribution in [3.8, 4) is 5.75 Å². The largest absolute Gasteiger partial charge is 0.495 e. The average molecular weight is 370 g/mol. The molecule has 0 unspecified atom stereocenters. The van der Waals surface area contributed by atoms with Crippen LogP contribution in [0.1, 0.15) is 32.5 Å². The highest BCUT2D eigenvalue weighted by atomic mass is 35.5. The van der Waals surface area contributed by atoms with Crippen LogP contribution in [0.5, 0.6) is 5.75 Å². The second-order valence-electron chi connectivity index (χ2n) is 6.15. The zero-order valence-electron chi connectivity index (χ0n) is 14.1. The van der Waals surface area contributed by atoms with Crippen LogP contribution in [-0.4, -0.2) is 28.9 Å². The molecule has 1 heterocycles. The van der Waals surface area contributed by atoms with Crippen molar-refractivity contribution in [3.05, 3.63) is 34.9 Å². The van der Waals surface area contributed by atoms with Crippen LogP contribution >= 0.6 is 23.4 Å². The minimum Gasteiger partial charge on any atom is -0.495 e. The van der Waals surface area contributed by atoms with Gasteiger partial charge in [-0.2, -0.15) is 4.98 Å². The molecule has 1 amide bonds. The highest BCUT2D eigenvalue weighted by Gasteiger charge is 2.21. The first kappa shape index (κ1) is 18.6. The van der Waals surface area contributed by atoms with Crippen molar-refractivity contribution in [1.29, 1.82) is 0 Å². The Morgan fingerprint density at radius 2 is 2.17 bits per heavy atom. The van der Waals surface area contributed by atoms with E-state index in [1.54, 1.807) is 18.2 Å². The lowest BCUT2D eigenvalue weighted by Gasteiger charge is -2.11. The van der Waals surface area contributed by atoms with E-state index in [4.69, 9.17) is 20.9 Å². The second kappa shape index (κ2) is 7.90.